The van der Waals surface area contributed by atoms with E-state index >= 15 is 0 Å². The molecule has 0 bridgehead atoms. The number of carbonyl (C=O) groups excluding carboxylic acids is 1. The van der Waals surface area contributed by atoms with Crippen molar-refractivity contribution in [2.24, 2.45) is 0 Å². The van der Waals surface area contributed by atoms with Crippen LogP contribution < -0.4 is 5.32 Å². The molecule has 1 aromatic carbocycles. The number of likely N-dealkylation sites (tertiary alicyclic amines) is 1. The first-order valence-electron chi connectivity index (χ1n) is 9.88. The first kappa shape index (κ1) is 20.3. The fourth-order valence-electron chi connectivity index (χ4n) is 4.17. The molecule has 150 valence electrons. The highest BCUT2D eigenvalue weighted by Gasteiger charge is 2.35. The monoisotopic (exact) mass is 393 g/mol. The van der Waals surface area contributed by atoms with E-state index in [1.54, 1.807) is 0 Å². The van der Waals surface area contributed by atoms with E-state index in [4.69, 9.17) is 0 Å². The average Bonchev–Trinajstić information content (AvgIpc) is 2.63. The number of sulfonamides is 1. The average molecular weight is 394 g/mol. The fourth-order valence-corrected chi connectivity index (χ4v) is 5.29. The molecule has 2 aliphatic rings. The third-order valence-corrected chi connectivity index (χ3v) is 6.89. The van der Waals surface area contributed by atoms with Gasteiger partial charge in [-0.25, -0.2) is 8.42 Å². The van der Waals surface area contributed by atoms with Gasteiger partial charge < -0.3 is 5.32 Å². The van der Waals surface area contributed by atoms with Crippen molar-refractivity contribution in [1.82, 2.24) is 14.5 Å². The first-order chi connectivity index (χ1) is 12.8. The van der Waals surface area contributed by atoms with Gasteiger partial charge in [-0.2, -0.15) is 4.31 Å². The van der Waals surface area contributed by atoms with Crippen molar-refractivity contribution < 1.29 is 13.2 Å². The summed E-state index contributed by atoms with van der Waals surface area (Å²) in [6.45, 7) is 5.38. The number of nitrogens with zero attached hydrogens (tertiary/aromatic N) is 2. The molecule has 2 aliphatic heterocycles. The highest BCUT2D eigenvalue weighted by Crippen LogP contribution is 2.21. The van der Waals surface area contributed by atoms with E-state index in [1.807, 2.05) is 0 Å². The minimum atomic E-state index is -3.34. The van der Waals surface area contributed by atoms with Gasteiger partial charge in [-0.05, 0) is 38.2 Å². The second-order valence-corrected chi connectivity index (χ2v) is 9.87. The first-order valence-corrected chi connectivity index (χ1v) is 11.7. The normalized spacial score (nSPS) is 23.3. The molecule has 0 radical (unpaired) electrons. The van der Waals surface area contributed by atoms with Crippen LogP contribution in [0.25, 0.3) is 0 Å². The van der Waals surface area contributed by atoms with Gasteiger partial charge in [0.2, 0.25) is 15.9 Å². The lowest BCUT2D eigenvalue weighted by Crippen LogP contribution is -2.54. The molecule has 0 saturated carbocycles. The van der Waals surface area contributed by atoms with Crippen molar-refractivity contribution in [1.29, 1.82) is 0 Å². The van der Waals surface area contributed by atoms with Gasteiger partial charge in [0.15, 0.2) is 0 Å². The van der Waals surface area contributed by atoms with Crippen molar-refractivity contribution >= 4 is 15.9 Å². The van der Waals surface area contributed by atoms with E-state index in [0.29, 0.717) is 13.0 Å². The van der Waals surface area contributed by atoms with E-state index in [1.165, 1.54) is 21.7 Å². The number of hydrogen-bond donors (Lipinski definition) is 1. The van der Waals surface area contributed by atoms with Gasteiger partial charge in [-0.3, -0.25) is 9.69 Å². The molecule has 7 heteroatoms. The van der Waals surface area contributed by atoms with E-state index in [-0.39, 0.29) is 11.9 Å². The van der Waals surface area contributed by atoms with Crippen LogP contribution in [0.3, 0.4) is 0 Å². The third kappa shape index (κ3) is 5.53. The van der Waals surface area contributed by atoms with Crippen LogP contribution in [0.5, 0.6) is 0 Å². The number of aryl methyl sites for hydroxylation is 1. The van der Waals surface area contributed by atoms with Crippen LogP contribution in [0.4, 0.5) is 0 Å². The highest BCUT2D eigenvalue weighted by molar-refractivity contribution is 7.88. The van der Waals surface area contributed by atoms with Crippen molar-refractivity contribution in [2.45, 2.75) is 57.7 Å². The van der Waals surface area contributed by atoms with Crippen LogP contribution in [0.15, 0.2) is 24.3 Å². The standard InChI is InChI=1S/C20H31N3O3S/c1-16-6-5-7-17(14-16)15-22-12-9-18(10-13-22)21-20(24)19-8-3-4-11-23(19)27(2,25)26/h5-7,14,18-19H,3-4,8-13,15H2,1-2H3,(H,21,24). The van der Waals surface area contributed by atoms with Crippen LogP contribution in [0.1, 0.15) is 43.2 Å². The molecular weight excluding hydrogens is 362 g/mol. The molecule has 2 heterocycles. The zero-order valence-electron chi connectivity index (χ0n) is 16.4. The summed E-state index contributed by atoms with van der Waals surface area (Å²) in [5.74, 6) is -0.128. The SMILES string of the molecule is Cc1cccc(CN2CCC(NC(=O)C3CCCCN3S(C)(=O)=O)CC2)c1. The zero-order valence-corrected chi connectivity index (χ0v) is 17.2. The number of piperidine rings is 2. The van der Waals surface area contributed by atoms with Crippen molar-refractivity contribution in [3.8, 4) is 0 Å². The van der Waals surface area contributed by atoms with Gasteiger partial charge in [0.05, 0.1) is 6.26 Å². The summed E-state index contributed by atoms with van der Waals surface area (Å²) in [6, 6.07) is 8.17. The lowest BCUT2D eigenvalue weighted by Gasteiger charge is -2.36. The van der Waals surface area contributed by atoms with Gasteiger partial charge in [0.1, 0.15) is 6.04 Å². The third-order valence-electron chi connectivity index (χ3n) is 5.60. The molecule has 0 aliphatic carbocycles. The van der Waals surface area contributed by atoms with E-state index in [9.17, 15) is 13.2 Å². The number of benzene rings is 1. The summed E-state index contributed by atoms with van der Waals surface area (Å²) in [6.07, 6.45) is 5.35. The Hall–Kier alpha value is -1.44. The molecule has 1 amide bonds. The molecule has 1 unspecified atom stereocenters. The quantitative estimate of drug-likeness (QED) is 0.829. The summed E-state index contributed by atoms with van der Waals surface area (Å²) < 4.78 is 25.3. The smallest absolute Gasteiger partial charge is 0.238 e. The van der Waals surface area contributed by atoms with Crippen molar-refractivity contribution in [2.75, 3.05) is 25.9 Å². The predicted octanol–water partition coefficient (Wildman–Crippen LogP) is 1.89. The van der Waals surface area contributed by atoms with Gasteiger partial charge in [0.25, 0.3) is 0 Å². The Labute approximate surface area is 163 Å². The summed E-state index contributed by atoms with van der Waals surface area (Å²) in [5, 5.41) is 3.11. The van der Waals surface area contributed by atoms with Crippen LogP contribution in [0, 0.1) is 6.92 Å². The molecule has 1 atom stereocenters. The molecule has 27 heavy (non-hydrogen) atoms. The van der Waals surface area contributed by atoms with Crippen molar-refractivity contribution in [3.05, 3.63) is 35.4 Å². The maximum Gasteiger partial charge on any atom is 0.238 e. The van der Waals surface area contributed by atoms with Crippen LogP contribution in [-0.2, 0) is 21.4 Å². The Kier molecular flexibility index (Phi) is 6.55. The van der Waals surface area contributed by atoms with Gasteiger partial charge in [-0.15, -0.1) is 0 Å². The molecule has 2 saturated heterocycles. The molecule has 3 rings (SSSR count). The Morgan fingerprint density at radius 3 is 2.56 bits per heavy atom. The minimum Gasteiger partial charge on any atom is -0.352 e. The lowest BCUT2D eigenvalue weighted by molar-refractivity contribution is -0.126. The molecule has 1 N–H and O–H groups in total. The number of rotatable bonds is 5. The minimum absolute atomic E-state index is 0.128. The molecule has 1 aromatic rings. The lowest BCUT2D eigenvalue weighted by atomic mass is 10.0. The maximum atomic E-state index is 12.7. The zero-order chi connectivity index (χ0) is 19.4. The Balaban J connectivity index is 1.50. The van der Waals surface area contributed by atoms with Gasteiger partial charge >= 0.3 is 0 Å². The molecule has 0 aromatic heterocycles. The molecule has 2 fully saturated rings. The Bertz CT molecular complexity index is 757. The molecule has 6 nitrogen and oxygen atoms in total. The molecule has 0 spiro atoms. The topological polar surface area (TPSA) is 69.7 Å². The maximum absolute atomic E-state index is 12.7. The van der Waals surface area contributed by atoms with E-state index in [0.717, 1.165) is 45.3 Å². The Morgan fingerprint density at radius 2 is 1.89 bits per heavy atom. The fraction of sp³-hybridized carbons (Fsp3) is 0.650. The number of nitrogens with one attached hydrogen (secondary N) is 1. The summed E-state index contributed by atoms with van der Waals surface area (Å²) in [5.41, 5.74) is 2.60. The Morgan fingerprint density at radius 1 is 1.15 bits per heavy atom. The number of carbonyl (C=O) groups is 1. The van der Waals surface area contributed by atoms with Gasteiger partial charge in [-0.1, -0.05) is 36.2 Å². The number of hydrogen-bond acceptors (Lipinski definition) is 4. The summed E-state index contributed by atoms with van der Waals surface area (Å²) >= 11 is 0. The van der Waals surface area contributed by atoms with Crippen molar-refractivity contribution in [3.63, 3.8) is 0 Å². The van der Waals surface area contributed by atoms with Crippen LogP contribution >= 0.6 is 0 Å². The van der Waals surface area contributed by atoms with Crippen LogP contribution in [-0.4, -0.2) is 61.5 Å². The van der Waals surface area contributed by atoms with Gasteiger partial charge in [0, 0.05) is 32.2 Å². The second-order valence-electron chi connectivity index (χ2n) is 7.93. The summed E-state index contributed by atoms with van der Waals surface area (Å²) in [7, 11) is -3.34. The molecular formula is C20H31N3O3S. The largest absolute Gasteiger partial charge is 0.352 e. The number of amides is 1. The van der Waals surface area contributed by atoms with E-state index < -0.39 is 16.1 Å². The second kappa shape index (κ2) is 8.71. The highest BCUT2D eigenvalue weighted by atomic mass is 32.2. The summed E-state index contributed by atoms with van der Waals surface area (Å²) in [4.78, 5) is 15.1. The van der Waals surface area contributed by atoms with E-state index in [2.05, 4.69) is 41.4 Å². The van der Waals surface area contributed by atoms with Crippen LogP contribution in [0.2, 0.25) is 0 Å². The predicted molar refractivity (Wildman–Crippen MR) is 107 cm³/mol.